The maximum Gasteiger partial charge on any atom is 0.267 e. The number of aryl methyl sites for hydroxylation is 6. The third kappa shape index (κ3) is 19.6. The summed E-state index contributed by atoms with van der Waals surface area (Å²) in [4.78, 5) is 123. The number of aromatic nitrogens is 20. The molecule has 1 fully saturated rings. The Balaban J connectivity index is 0.000000146. The van der Waals surface area contributed by atoms with Crippen molar-refractivity contribution in [2.75, 3.05) is 49.9 Å². The second kappa shape index (κ2) is 40.2. The van der Waals surface area contributed by atoms with Crippen molar-refractivity contribution >= 4 is 154 Å². The quantitative estimate of drug-likeness (QED) is 0.0340. The van der Waals surface area contributed by atoms with Gasteiger partial charge in [-0.1, -0.05) is 77.1 Å². The average molecular weight is 1950 g/mol. The molecule has 12 heterocycles. The Morgan fingerprint density at radius 3 is 1.40 bits per heavy atom. The molecule has 0 amide bonds. The molecule has 4 atom stereocenters. The van der Waals surface area contributed by atoms with Crippen molar-refractivity contribution in [3.8, 4) is 47.0 Å². The first-order valence-electron chi connectivity index (χ1n) is 41.3. The Hall–Kier alpha value is -16.3. The monoisotopic (exact) mass is 1950 g/mol. The van der Waals surface area contributed by atoms with Gasteiger partial charge in [0.15, 0.2) is 23.3 Å². The number of hydrogen-bond donors (Lipinski definition) is 9. The fraction of sp³-hybridized carbons (Fsp3) is 0.209. The smallest absolute Gasteiger partial charge is 0.267 e. The van der Waals surface area contributed by atoms with Gasteiger partial charge in [0, 0.05) is 23.5 Å². The minimum atomic E-state index is -2.79. The zero-order valence-corrected chi connectivity index (χ0v) is 77.6. The van der Waals surface area contributed by atoms with E-state index in [1.54, 1.807) is 109 Å². The van der Waals surface area contributed by atoms with E-state index in [2.05, 4.69) is 97.1 Å². The number of hydrogen-bond acceptors (Lipinski definition) is 33. The zero-order chi connectivity index (χ0) is 98.7. The molecule has 17 rings (SSSR count). The predicted molar refractivity (Wildman–Crippen MR) is 512 cm³/mol. The minimum absolute atomic E-state index is 0.00539. The lowest BCUT2D eigenvalue weighted by Crippen LogP contribution is -2.30. The van der Waals surface area contributed by atoms with E-state index in [0.29, 0.717) is 68.8 Å². The fourth-order valence-corrected chi connectivity index (χ4v) is 16.2. The third-order valence-electron chi connectivity index (χ3n) is 21.7. The zero-order valence-electron chi connectivity index (χ0n) is 73.8. The first kappa shape index (κ1) is 96.7. The number of benzene rings is 4. The summed E-state index contributed by atoms with van der Waals surface area (Å²) in [5.41, 5.74) is 31.6. The lowest BCUT2D eigenvalue weighted by Gasteiger charge is -2.24. The normalized spacial score (nSPS) is 12.5. The van der Waals surface area contributed by atoms with Crippen molar-refractivity contribution in [1.29, 1.82) is 21.0 Å². The lowest BCUT2D eigenvalue weighted by atomic mass is 10.1. The molecule has 0 saturated heterocycles. The molecule has 37 nitrogen and oxygen atoms in total. The number of fused-ring (bicyclic) bond motifs is 4. The standard InChI is InChI=1S/C24H21Cl2N9O.C23H20ClFN8O.C22H17ClF2N8O.C22H18ClFN8O/c1-10-7-17(28)30-9-16(10)35-23(34-20-15(26)6-5-14(25)18(20)24(35)36)19(12-3-4-12)33-22-13(8-27)21(29)31-11(2)32-22;1-4-16(31-21-13(8-26)20(27)29-12(3)30-21)22-32-17-7-5-6-14(24)19(17)23(34)33(22)18-10-28-9-15(25)11(18)2;1-10(29-20-14(7-26)19(27)30-11(2)31-20)21-32-16-5-3-4-15(23)17(16)22(34)33(21)13-6-12(18(24)25)8-28-9-13;1-10-6-7-27-9-16(10)32-21(31-15-5-4-14(24)18(23)17(15)22(32)33)11(2)28-20-13(8-25)19(26)29-12(3)30-20/h5-7,9,12,19H,3-4H2,1-2H3,(H2,28,30)(H3,29,31,32,33);5-7,9-10,16H,4H2,1-3H3,(H3,27,29,30,31);3-6,8-10,18H,1-2H3,(H3,27,29,30,31);4-7,9,11H,1-3H3,(H3,26,28,29,30)/t19-;16-;10-;11-/m0000/s1. The van der Waals surface area contributed by atoms with Gasteiger partial charge in [-0.2, -0.15) is 21.0 Å². The van der Waals surface area contributed by atoms with Crippen LogP contribution in [0, 0.1) is 111 Å². The maximum absolute atomic E-state index is 14.4. The van der Waals surface area contributed by atoms with Crippen LogP contribution in [-0.2, 0) is 0 Å². The van der Waals surface area contributed by atoms with Gasteiger partial charge in [-0.25, -0.2) is 82.4 Å². The summed E-state index contributed by atoms with van der Waals surface area (Å²) >= 11 is 31.7. The number of alkyl halides is 2. The fourth-order valence-electron chi connectivity index (χ4n) is 15.0. The van der Waals surface area contributed by atoms with Crippen molar-refractivity contribution in [2.45, 2.75) is 119 Å². The van der Waals surface area contributed by atoms with Crippen molar-refractivity contribution in [1.82, 2.24) is 98.0 Å². The topological polar surface area (TPSA) is 568 Å². The number of nitrogens with one attached hydrogen (secondary N) is 4. The molecule has 12 aromatic heterocycles. The van der Waals surface area contributed by atoms with Crippen LogP contribution in [0.1, 0.15) is 162 Å². The van der Waals surface area contributed by atoms with E-state index in [0.717, 1.165) is 53.1 Å². The first-order chi connectivity index (χ1) is 65.4. The van der Waals surface area contributed by atoms with Gasteiger partial charge >= 0.3 is 0 Å². The van der Waals surface area contributed by atoms with Crippen molar-refractivity contribution in [2.24, 2.45) is 5.92 Å². The molecule has 692 valence electrons. The lowest BCUT2D eigenvalue weighted by molar-refractivity contribution is 0.151. The Labute approximate surface area is 799 Å². The molecular weight excluding hydrogens is 1870 g/mol. The Kier molecular flexibility index (Phi) is 28.4. The van der Waals surface area contributed by atoms with E-state index < -0.39 is 64.5 Å². The van der Waals surface area contributed by atoms with E-state index in [4.69, 9.17) is 96.6 Å². The molecule has 1 aliphatic rings. The van der Waals surface area contributed by atoms with E-state index in [1.807, 2.05) is 39.0 Å². The Morgan fingerprint density at radius 2 is 0.891 bits per heavy atom. The minimum Gasteiger partial charge on any atom is -0.384 e. The number of nitrogens with two attached hydrogens (primary N) is 5. The number of rotatable bonds is 19. The van der Waals surface area contributed by atoms with Crippen LogP contribution in [0.3, 0.4) is 0 Å². The molecule has 0 bridgehead atoms. The summed E-state index contributed by atoms with van der Waals surface area (Å²) in [6.45, 7) is 17.1. The average Bonchev–Trinajstić information content (AvgIpc) is 1.72. The highest BCUT2D eigenvalue weighted by atomic mass is 35.5. The van der Waals surface area contributed by atoms with E-state index in [9.17, 15) is 57.8 Å². The highest BCUT2D eigenvalue weighted by molar-refractivity contribution is 6.40. The molecule has 0 unspecified atom stereocenters. The van der Waals surface area contributed by atoms with Gasteiger partial charge < -0.3 is 49.9 Å². The highest BCUT2D eigenvalue weighted by Gasteiger charge is 2.39. The van der Waals surface area contributed by atoms with Gasteiger partial charge in [-0.3, -0.25) is 52.4 Å². The van der Waals surface area contributed by atoms with Crippen LogP contribution >= 0.6 is 58.0 Å². The summed E-state index contributed by atoms with van der Waals surface area (Å²) in [6.07, 6.45) is 8.83. The van der Waals surface area contributed by atoms with Gasteiger partial charge in [0.25, 0.3) is 28.7 Å². The molecule has 137 heavy (non-hydrogen) atoms. The second-order valence-electron chi connectivity index (χ2n) is 31.1. The van der Waals surface area contributed by atoms with Crippen molar-refractivity contribution in [3.63, 3.8) is 0 Å². The van der Waals surface area contributed by atoms with Crippen LogP contribution in [0.15, 0.2) is 141 Å². The Morgan fingerprint density at radius 1 is 0.445 bits per heavy atom. The van der Waals surface area contributed by atoms with Crippen molar-refractivity contribution in [3.05, 3.63) is 292 Å². The van der Waals surface area contributed by atoms with Crippen LogP contribution in [0.25, 0.3) is 66.4 Å². The van der Waals surface area contributed by atoms with Gasteiger partial charge in [0.1, 0.15) is 134 Å². The van der Waals surface area contributed by atoms with E-state index >= 15 is 0 Å². The second-order valence-corrected chi connectivity index (χ2v) is 33.1. The summed E-state index contributed by atoms with van der Waals surface area (Å²) in [6, 6.07) is 25.6. The van der Waals surface area contributed by atoms with Crippen LogP contribution in [0.2, 0.25) is 25.1 Å². The first-order valence-corrected chi connectivity index (χ1v) is 43.2. The summed E-state index contributed by atoms with van der Waals surface area (Å²) < 4.78 is 60.6. The molecule has 46 heteroatoms. The van der Waals surface area contributed by atoms with Crippen LogP contribution < -0.4 is 72.2 Å². The van der Waals surface area contributed by atoms with E-state index in [1.165, 1.54) is 50.6 Å². The molecule has 1 aliphatic carbocycles. The van der Waals surface area contributed by atoms with Crippen LogP contribution in [0.5, 0.6) is 0 Å². The number of nitriles is 4. The van der Waals surface area contributed by atoms with E-state index in [-0.39, 0.29) is 167 Å². The number of halogens is 9. The third-order valence-corrected chi connectivity index (χ3v) is 23.3. The summed E-state index contributed by atoms with van der Waals surface area (Å²) in [5.74, 6) is 2.68. The summed E-state index contributed by atoms with van der Waals surface area (Å²) in [7, 11) is 0. The van der Waals surface area contributed by atoms with Crippen LogP contribution in [-0.4, -0.2) is 98.0 Å². The van der Waals surface area contributed by atoms with Gasteiger partial charge in [0.2, 0.25) is 0 Å². The number of nitrogens with zero attached hydrogens (tertiary/aromatic N) is 24. The van der Waals surface area contributed by atoms with Gasteiger partial charge in [-0.05, 0) is 165 Å². The SMILES string of the molecule is CC[C@H](Nc1nc(C)nc(N)c1C#N)c1nc2cccc(Cl)c2c(=O)n1-c1cncc(F)c1C.Cc1nc(N)c(C#N)c(N[C@@H](C)c2nc3ccc(F)c(Cl)c3c(=O)n2-c2cnccc2C)n1.Cc1nc(N)c(C#N)c(N[C@@H](C)c2nc3cccc(Cl)c3c(=O)n2-c2cncc(C(F)F)c2)n1.Cc1nc(N)c(C#N)c(N[C@H](c2nc3c(Cl)ccc(Cl)c3c(=O)n2-c2cnc(N)cc2C)C2CC2)n1. The highest BCUT2D eigenvalue weighted by Crippen LogP contribution is 2.45. The predicted octanol–water partition coefficient (Wildman–Crippen LogP) is 15.8. The maximum atomic E-state index is 14.4. The number of anilines is 9. The molecule has 14 N–H and O–H groups in total. The Bertz CT molecular complexity index is 8060. The van der Waals surface area contributed by atoms with Gasteiger partial charge in [-0.15, -0.1) is 0 Å². The van der Waals surface area contributed by atoms with Crippen molar-refractivity contribution < 1.29 is 17.6 Å². The van der Waals surface area contributed by atoms with Crippen LogP contribution in [0.4, 0.5) is 69.9 Å². The largest absolute Gasteiger partial charge is 0.384 e. The molecule has 4 aromatic carbocycles. The number of nitrogen functional groups attached to an aromatic ring is 5. The number of pyridine rings is 4. The molecule has 1 saturated carbocycles. The van der Waals surface area contributed by atoms with Gasteiger partial charge in [0.05, 0.1) is 147 Å². The molecule has 0 aliphatic heterocycles. The summed E-state index contributed by atoms with van der Waals surface area (Å²) in [5, 5.41) is 52.0. The molecule has 0 spiro atoms. The molecule has 16 aromatic rings. The molecule has 0 radical (unpaired) electrons. The molecular formula is C91H76Cl5F4N33O4.